The fourth-order valence-electron chi connectivity index (χ4n) is 3.23. The molecule has 1 heterocycles. The van der Waals surface area contributed by atoms with Gasteiger partial charge < -0.3 is 5.32 Å². The number of benzene rings is 2. The molecule has 0 aromatic heterocycles. The number of carbonyl (C=O) groups excluding carboxylic acids is 1. The van der Waals surface area contributed by atoms with Crippen molar-refractivity contribution in [1.29, 1.82) is 0 Å². The summed E-state index contributed by atoms with van der Waals surface area (Å²) in [5, 5.41) is 3.10. The molecule has 3 rings (SSSR count). The van der Waals surface area contributed by atoms with Crippen molar-refractivity contribution in [3.63, 3.8) is 0 Å². The van der Waals surface area contributed by atoms with Gasteiger partial charge in [0.1, 0.15) is 0 Å². The lowest BCUT2D eigenvalue weighted by Gasteiger charge is -2.18. The van der Waals surface area contributed by atoms with Crippen LogP contribution in [0, 0.1) is 5.92 Å². The standard InChI is InChI=1S/C19H22N2O3S.ClH/c1-20-13-15-11-12-21(14-15)25(23,24)18-10-6-5-9-17(18)19(22)16-7-3-2-4-8-16;/h2-10,15,20H,11-14H2,1H3;1H. The Labute approximate surface area is 160 Å². The van der Waals surface area contributed by atoms with Gasteiger partial charge in [0.15, 0.2) is 5.78 Å². The molecule has 1 fully saturated rings. The number of hydrogen-bond donors (Lipinski definition) is 1. The van der Waals surface area contributed by atoms with E-state index in [0.717, 1.165) is 13.0 Å². The maximum Gasteiger partial charge on any atom is 0.243 e. The summed E-state index contributed by atoms with van der Waals surface area (Å²) in [6, 6.07) is 15.2. The first-order chi connectivity index (χ1) is 12.0. The summed E-state index contributed by atoms with van der Waals surface area (Å²) in [5.41, 5.74) is 0.713. The van der Waals surface area contributed by atoms with Crippen LogP contribution in [0.1, 0.15) is 22.3 Å². The van der Waals surface area contributed by atoms with Gasteiger partial charge in [-0.2, -0.15) is 4.31 Å². The molecule has 0 aliphatic carbocycles. The summed E-state index contributed by atoms with van der Waals surface area (Å²) in [7, 11) is -1.82. The maximum absolute atomic E-state index is 13.1. The Morgan fingerprint density at radius 2 is 1.77 bits per heavy atom. The van der Waals surface area contributed by atoms with Crippen LogP contribution in [0.3, 0.4) is 0 Å². The number of nitrogens with one attached hydrogen (secondary N) is 1. The average Bonchev–Trinajstić information content (AvgIpc) is 3.12. The van der Waals surface area contributed by atoms with Gasteiger partial charge in [0, 0.05) is 24.2 Å². The summed E-state index contributed by atoms with van der Waals surface area (Å²) in [6.45, 7) is 1.76. The summed E-state index contributed by atoms with van der Waals surface area (Å²) in [6.07, 6.45) is 0.828. The lowest BCUT2D eigenvalue weighted by atomic mass is 10.0. The highest BCUT2D eigenvalue weighted by atomic mass is 35.5. The molecule has 1 saturated heterocycles. The van der Waals surface area contributed by atoms with Crippen molar-refractivity contribution >= 4 is 28.2 Å². The van der Waals surface area contributed by atoms with Crippen molar-refractivity contribution in [2.24, 2.45) is 5.92 Å². The Kier molecular flexibility index (Phi) is 6.94. The highest BCUT2D eigenvalue weighted by molar-refractivity contribution is 7.89. The van der Waals surface area contributed by atoms with E-state index >= 15 is 0 Å². The fraction of sp³-hybridized carbons (Fsp3) is 0.316. The summed E-state index contributed by atoms with van der Waals surface area (Å²) in [4.78, 5) is 12.9. The monoisotopic (exact) mass is 394 g/mol. The van der Waals surface area contributed by atoms with Crippen LogP contribution in [0.5, 0.6) is 0 Å². The smallest absolute Gasteiger partial charge is 0.243 e. The highest BCUT2D eigenvalue weighted by Crippen LogP contribution is 2.27. The van der Waals surface area contributed by atoms with Crippen LogP contribution in [0.4, 0.5) is 0 Å². The molecule has 26 heavy (non-hydrogen) atoms. The van der Waals surface area contributed by atoms with Crippen LogP contribution in [0.15, 0.2) is 59.5 Å². The van der Waals surface area contributed by atoms with Gasteiger partial charge >= 0.3 is 0 Å². The van der Waals surface area contributed by atoms with Gasteiger partial charge in [-0.25, -0.2) is 8.42 Å². The van der Waals surface area contributed by atoms with Crippen LogP contribution in [-0.2, 0) is 10.0 Å². The first-order valence-electron chi connectivity index (χ1n) is 8.37. The number of sulfonamides is 1. The van der Waals surface area contributed by atoms with Crippen LogP contribution < -0.4 is 5.32 Å². The van der Waals surface area contributed by atoms with Crippen molar-refractivity contribution in [2.75, 3.05) is 26.7 Å². The zero-order valence-corrected chi connectivity index (χ0v) is 16.2. The second-order valence-corrected chi connectivity index (χ2v) is 8.17. The van der Waals surface area contributed by atoms with Crippen molar-refractivity contribution < 1.29 is 13.2 Å². The molecule has 0 amide bonds. The Morgan fingerprint density at radius 1 is 1.12 bits per heavy atom. The molecule has 0 bridgehead atoms. The average molecular weight is 395 g/mol. The molecule has 140 valence electrons. The summed E-state index contributed by atoms with van der Waals surface area (Å²) >= 11 is 0. The Hall–Kier alpha value is -1.73. The van der Waals surface area contributed by atoms with E-state index in [9.17, 15) is 13.2 Å². The van der Waals surface area contributed by atoms with E-state index in [1.54, 1.807) is 42.5 Å². The number of rotatable bonds is 6. The molecule has 1 aliphatic heterocycles. The zero-order valence-electron chi connectivity index (χ0n) is 14.6. The molecule has 2 aromatic rings. The minimum atomic E-state index is -3.69. The number of hydrogen-bond acceptors (Lipinski definition) is 4. The predicted molar refractivity (Wildman–Crippen MR) is 104 cm³/mol. The molecule has 0 radical (unpaired) electrons. The second kappa shape index (κ2) is 8.77. The maximum atomic E-state index is 13.1. The van der Waals surface area contributed by atoms with Gasteiger partial charge in [-0.1, -0.05) is 42.5 Å². The molecule has 1 unspecified atom stereocenters. The summed E-state index contributed by atoms with van der Waals surface area (Å²) in [5.74, 6) is 0.0301. The Bertz CT molecular complexity index is 856. The van der Waals surface area contributed by atoms with E-state index in [1.807, 2.05) is 13.1 Å². The number of halogens is 1. The van der Waals surface area contributed by atoms with Gasteiger partial charge in [-0.15, -0.1) is 12.4 Å². The number of carbonyl (C=O) groups is 1. The first kappa shape index (κ1) is 20.6. The summed E-state index contributed by atoms with van der Waals surface area (Å²) < 4.78 is 27.7. The van der Waals surface area contributed by atoms with E-state index in [4.69, 9.17) is 0 Å². The first-order valence-corrected chi connectivity index (χ1v) is 9.81. The quantitative estimate of drug-likeness (QED) is 0.765. The van der Waals surface area contributed by atoms with E-state index in [0.29, 0.717) is 24.6 Å². The highest BCUT2D eigenvalue weighted by Gasteiger charge is 2.34. The van der Waals surface area contributed by atoms with Gasteiger partial charge in [0.2, 0.25) is 10.0 Å². The third-order valence-corrected chi connectivity index (χ3v) is 6.45. The van der Waals surface area contributed by atoms with E-state index in [1.165, 1.54) is 10.4 Å². The Morgan fingerprint density at radius 3 is 2.46 bits per heavy atom. The number of nitrogens with zero attached hydrogens (tertiary/aromatic N) is 1. The minimum Gasteiger partial charge on any atom is -0.319 e. The topological polar surface area (TPSA) is 66.5 Å². The fourth-order valence-corrected chi connectivity index (χ4v) is 4.95. The van der Waals surface area contributed by atoms with Gasteiger partial charge in [-0.05, 0) is 38.1 Å². The molecular formula is C19H23ClN2O3S. The third-order valence-electron chi connectivity index (χ3n) is 4.53. The SMILES string of the molecule is CNCC1CCN(S(=O)(=O)c2ccccc2C(=O)c2ccccc2)C1.Cl. The van der Waals surface area contributed by atoms with Crippen LogP contribution in [0.25, 0.3) is 0 Å². The predicted octanol–water partition coefficient (Wildman–Crippen LogP) is 2.57. The van der Waals surface area contributed by atoms with Crippen molar-refractivity contribution in [2.45, 2.75) is 11.3 Å². The lowest BCUT2D eigenvalue weighted by Crippen LogP contribution is -2.31. The van der Waals surface area contributed by atoms with E-state index < -0.39 is 10.0 Å². The van der Waals surface area contributed by atoms with Crippen molar-refractivity contribution in [3.05, 3.63) is 65.7 Å². The second-order valence-electron chi connectivity index (χ2n) is 6.27. The van der Waals surface area contributed by atoms with Gasteiger partial charge in [-0.3, -0.25) is 4.79 Å². The molecule has 5 nitrogen and oxygen atoms in total. The molecule has 0 spiro atoms. The molecule has 2 aromatic carbocycles. The third kappa shape index (κ3) is 4.15. The van der Waals surface area contributed by atoms with Gasteiger partial charge in [0.25, 0.3) is 0 Å². The Balaban J connectivity index is 0.00000243. The minimum absolute atomic E-state index is 0. The van der Waals surface area contributed by atoms with Crippen molar-refractivity contribution in [3.8, 4) is 0 Å². The van der Waals surface area contributed by atoms with Crippen LogP contribution in [-0.4, -0.2) is 45.2 Å². The van der Waals surface area contributed by atoms with Crippen LogP contribution in [0.2, 0.25) is 0 Å². The largest absolute Gasteiger partial charge is 0.319 e. The van der Waals surface area contributed by atoms with Crippen molar-refractivity contribution in [1.82, 2.24) is 9.62 Å². The molecule has 1 aliphatic rings. The molecular weight excluding hydrogens is 372 g/mol. The molecule has 7 heteroatoms. The van der Waals surface area contributed by atoms with Crippen LogP contribution >= 0.6 is 12.4 Å². The molecule has 1 N–H and O–H groups in total. The van der Waals surface area contributed by atoms with E-state index in [-0.39, 0.29) is 28.6 Å². The zero-order chi connectivity index (χ0) is 17.9. The number of ketones is 1. The van der Waals surface area contributed by atoms with Gasteiger partial charge in [0.05, 0.1) is 4.90 Å². The molecule has 0 saturated carbocycles. The van der Waals surface area contributed by atoms with E-state index in [2.05, 4.69) is 5.32 Å². The lowest BCUT2D eigenvalue weighted by molar-refractivity contribution is 0.103. The normalized spacial score (nSPS) is 17.7. The molecule has 1 atom stereocenters.